The highest BCUT2D eigenvalue weighted by Crippen LogP contribution is 2.57. The molecule has 7 nitrogen and oxygen atoms in total. The molecule has 0 aliphatic heterocycles. The minimum atomic E-state index is -5.08. The summed E-state index contributed by atoms with van der Waals surface area (Å²) >= 11 is 0. The monoisotopic (exact) mass is 368 g/mol. The Morgan fingerprint density at radius 2 is 1.43 bits per heavy atom. The van der Waals surface area contributed by atoms with Crippen molar-refractivity contribution in [2.24, 2.45) is 0 Å². The molecule has 0 radical (unpaired) electrons. The molecule has 23 heavy (non-hydrogen) atoms. The maximum absolute atomic E-state index is 11.2. The van der Waals surface area contributed by atoms with Crippen LogP contribution in [0.25, 0.3) is 0 Å². The Labute approximate surface area is 137 Å². The summed E-state index contributed by atoms with van der Waals surface area (Å²) in [7, 11) is -9.89. The van der Waals surface area contributed by atoms with Crippen molar-refractivity contribution in [2.75, 3.05) is 0 Å². The second-order valence-electron chi connectivity index (χ2n) is 5.52. The molecule has 0 aromatic carbocycles. The molecule has 0 spiro atoms. The number of phosphoric acid groups is 2. The maximum atomic E-state index is 11.2. The highest BCUT2D eigenvalue weighted by atomic mass is 31.3. The first-order valence-electron chi connectivity index (χ1n) is 7.14. The molecule has 0 fully saturated rings. The van der Waals surface area contributed by atoms with Gasteiger partial charge in [-0.2, -0.15) is 4.31 Å². The molecule has 0 aromatic heterocycles. The Kier molecular flexibility index (Phi) is 9.94. The topological polar surface area (TPSA) is 113 Å². The van der Waals surface area contributed by atoms with Crippen LogP contribution in [0.15, 0.2) is 35.1 Å². The number of allylic oxidation sites excluding steroid dienone is 5. The molecular formula is C14H26O7P2. The van der Waals surface area contributed by atoms with E-state index in [4.69, 9.17) is 14.7 Å². The largest absolute Gasteiger partial charge is 0.535 e. The summed E-state index contributed by atoms with van der Waals surface area (Å²) in [6.45, 7) is 7.85. The van der Waals surface area contributed by atoms with Gasteiger partial charge in [-0.25, -0.2) is 9.13 Å². The van der Waals surface area contributed by atoms with Gasteiger partial charge in [0, 0.05) is 0 Å². The first-order valence-corrected chi connectivity index (χ1v) is 10.2. The summed E-state index contributed by atoms with van der Waals surface area (Å²) in [6, 6.07) is 0. The van der Waals surface area contributed by atoms with Crippen LogP contribution in [-0.2, 0) is 18.0 Å². The number of hydrogen-bond acceptors (Lipinski definition) is 4. The first kappa shape index (κ1) is 22.3. The molecule has 3 N–H and O–H groups in total. The average molecular weight is 368 g/mol. The van der Waals surface area contributed by atoms with Crippen LogP contribution in [0.1, 0.15) is 53.4 Å². The Morgan fingerprint density at radius 3 is 1.96 bits per heavy atom. The summed E-state index contributed by atoms with van der Waals surface area (Å²) in [5, 5.41) is 0. The highest BCUT2D eigenvalue weighted by molar-refractivity contribution is 7.60. The SMILES string of the molecule is CC(C)=CCC/C(C)=C/CC/C(C)=C/OP(=O)(O)OP(=O)(O)O. The number of rotatable bonds is 10. The van der Waals surface area contributed by atoms with Gasteiger partial charge in [0.25, 0.3) is 0 Å². The number of hydrogen-bond donors (Lipinski definition) is 3. The van der Waals surface area contributed by atoms with Gasteiger partial charge < -0.3 is 14.3 Å². The third-order valence-electron chi connectivity index (χ3n) is 2.72. The van der Waals surface area contributed by atoms with Gasteiger partial charge in [0.15, 0.2) is 0 Å². The van der Waals surface area contributed by atoms with E-state index in [2.05, 4.69) is 34.8 Å². The maximum Gasteiger partial charge on any atom is 0.535 e. The van der Waals surface area contributed by atoms with Crippen LogP contribution in [0.3, 0.4) is 0 Å². The smallest absolute Gasteiger partial charge is 0.412 e. The van der Waals surface area contributed by atoms with E-state index < -0.39 is 15.6 Å². The molecule has 0 amide bonds. The highest BCUT2D eigenvalue weighted by Gasteiger charge is 2.32. The normalized spacial score (nSPS) is 16.0. The zero-order valence-corrected chi connectivity index (χ0v) is 15.7. The van der Waals surface area contributed by atoms with E-state index in [0.717, 1.165) is 25.5 Å². The fraction of sp³-hybridized carbons (Fsp3) is 0.571. The van der Waals surface area contributed by atoms with Gasteiger partial charge in [-0.05, 0) is 59.0 Å². The van der Waals surface area contributed by atoms with Crippen LogP contribution in [0.4, 0.5) is 0 Å². The predicted molar refractivity (Wildman–Crippen MR) is 89.5 cm³/mol. The molecule has 0 aromatic rings. The van der Waals surface area contributed by atoms with Gasteiger partial charge in [0.1, 0.15) is 0 Å². The lowest BCUT2D eigenvalue weighted by atomic mass is 10.1. The van der Waals surface area contributed by atoms with Crippen LogP contribution >= 0.6 is 15.6 Å². The van der Waals surface area contributed by atoms with Crippen molar-refractivity contribution in [2.45, 2.75) is 53.4 Å². The summed E-state index contributed by atoms with van der Waals surface area (Å²) < 4.78 is 29.8. The third kappa shape index (κ3) is 14.6. The predicted octanol–water partition coefficient (Wildman–Crippen LogP) is 4.59. The Balaban J connectivity index is 4.28. The van der Waals surface area contributed by atoms with Crippen LogP contribution in [0.2, 0.25) is 0 Å². The first-order chi connectivity index (χ1) is 10.4. The molecule has 0 rings (SSSR count). The van der Waals surface area contributed by atoms with Gasteiger partial charge in [-0.3, -0.25) is 4.89 Å². The standard InChI is InChI=1S/C14H26O7P2/c1-12(2)7-5-8-13(3)9-6-10-14(4)11-20-23(18,19)21-22(15,16)17/h7,9,11H,5-6,8,10H2,1-4H3,(H,18,19)(H2,15,16,17)/b13-9+,14-11+. The van der Waals surface area contributed by atoms with Crippen molar-refractivity contribution in [3.05, 3.63) is 35.1 Å². The molecule has 0 aliphatic rings. The zero-order valence-electron chi connectivity index (χ0n) is 13.9. The molecule has 0 saturated carbocycles. The van der Waals surface area contributed by atoms with Crippen molar-refractivity contribution in [1.29, 1.82) is 0 Å². The Morgan fingerprint density at radius 1 is 0.913 bits per heavy atom. The van der Waals surface area contributed by atoms with Gasteiger partial charge in [-0.1, -0.05) is 23.3 Å². The van der Waals surface area contributed by atoms with Crippen molar-refractivity contribution < 1.29 is 32.6 Å². The van der Waals surface area contributed by atoms with E-state index in [-0.39, 0.29) is 0 Å². The fourth-order valence-corrected chi connectivity index (χ4v) is 3.15. The second-order valence-corrected chi connectivity index (χ2v) is 8.30. The Bertz CT molecular complexity index is 553. The second kappa shape index (κ2) is 10.2. The van der Waals surface area contributed by atoms with Gasteiger partial charge in [0.05, 0.1) is 6.26 Å². The van der Waals surface area contributed by atoms with Crippen LogP contribution < -0.4 is 0 Å². The van der Waals surface area contributed by atoms with Crippen LogP contribution in [0.5, 0.6) is 0 Å². The molecule has 1 atom stereocenters. The van der Waals surface area contributed by atoms with E-state index >= 15 is 0 Å². The molecule has 1 unspecified atom stereocenters. The quantitative estimate of drug-likeness (QED) is 0.294. The molecule has 134 valence electrons. The van der Waals surface area contributed by atoms with E-state index in [1.807, 2.05) is 6.92 Å². The minimum absolute atomic E-state index is 0.593. The van der Waals surface area contributed by atoms with Crippen LogP contribution in [-0.4, -0.2) is 14.7 Å². The number of phosphoric ester groups is 1. The van der Waals surface area contributed by atoms with E-state index in [9.17, 15) is 9.13 Å². The van der Waals surface area contributed by atoms with Crippen molar-refractivity contribution in [3.63, 3.8) is 0 Å². The fourth-order valence-electron chi connectivity index (χ4n) is 1.61. The third-order valence-corrected chi connectivity index (χ3v) is 4.77. The van der Waals surface area contributed by atoms with Crippen molar-refractivity contribution in [3.8, 4) is 0 Å². The average Bonchev–Trinajstić information content (AvgIpc) is 2.33. The summed E-state index contributed by atoms with van der Waals surface area (Å²) in [6.07, 6.45) is 8.56. The van der Waals surface area contributed by atoms with Gasteiger partial charge >= 0.3 is 15.6 Å². The van der Waals surface area contributed by atoms with E-state index in [1.165, 1.54) is 11.1 Å². The molecular weight excluding hydrogens is 342 g/mol. The Hall–Kier alpha value is -0.680. The van der Waals surface area contributed by atoms with E-state index in [0.29, 0.717) is 12.0 Å². The minimum Gasteiger partial charge on any atom is -0.412 e. The molecule has 0 aliphatic carbocycles. The lowest BCUT2D eigenvalue weighted by Gasteiger charge is -2.11. The van der Waals surface area contributed by atoms with Gasteiger partial charge in [-0.15, -0.1) is 0 Å². The molecule has 0 bridgehead atoms. The summed E-state index contributed by atoms with van der Waals surface area (Å²) in [5.74, 6) is 0. The lowest BCUT2D eigenvalue weighted by molar-refractivity contribution is 0.216. The van der Waals surface area contributed by atoms with Crippen molar-refractivity contribution >= 4 is 15.6 Å². The molecule has 0 saturated heterocycles. The lowest BCUT2D eigenvalue weighted by Crippen LogP contribution is -1.90. The van der Waals surface area contributed by atoms with Crippen molar-refractivity contribution in [1.82, 2.24) is 0 Å². The van der Waals surface area contributed by atoms with Gasteiger partial charge in [0.2, 0.25) is 0 Å². The summed E-state index contributed by atoms with van der Waals surface area (Å²) in [4.78, 5) is 26.1. The van der Waals surface area contributed by atoms with Crippen LogP contribution in [0, 0.1) is 0 Å². The van der Waals surface area contributed by atoms with E-state index in [1.54, 1.807) is 6.92 Å². The zero-order chi connectivity index (χ0) is 18.1. The molecule has 0 heterocycles. The summed E-state index contributed by atoms with van der Waals surface area (Å²) in [5.41, 5.74) is 3.20. The molecule has 9 heteroatoms.